The first-order valence-electron chi connectivity index (χ1n) is 7.24. The van der Waals surface area contributed by atoms with Gasteiger partial charge in [-0.15, -0.1) is 0 Å². The summed E-state index contributed by atoms with van der Waals surface area (Å²) in [6.07, 6.45) is -4.43. The van der Waals surface area contributed by atoms with Gasteiger partial charge in [0.25, 0.3) is 0 Å². The minimum absolute atomic E-state index is 0.134. The van der Waals surface area contributed by atoms with Crippen LogP contribution in [0.15, 0.2) is 48.5 Å². The number of carbonyl (C=O) groups is 1. The van der Waals surface area contributed by atoms with Crippen LogP contribution in [0.4, 0.5) is 24.5 Å². The third-order valence-electron chi connectivity index (χ3n) is 3.41. The van der Waals surface area contributed by atoms with E-state index < -0.39 is 30.3 Å². The Morgan fingerprint density at radius 1 is 1.12 bits per heavy atom. The maximum absolute atomic E-state index is 13.1. The van der Waals surface area contributed by atoms with Gasteiger partial charge >= 0.3 is 6.18 Å². The van der Waals surface area contributed by atoms with E-state index >= 15 is 0 Å². The predicted molar refractivity (Wildman–Crippen MR) is 85.6 cm³/mol. The summed E-state index contributed by atoms with van der Waals surface area (Å²) in [4.78, 5) is 11.2. The lowest BCUT2D eigenvalue weighted by Crippen LogP contribution is -2.16. The molecule has 0 saturated carbocycles. The van der Waals surface area contributed by atoms with Crippen molar-refractivity contribution in [3.8, 4) is 0 Å². The molecule has 0 aliphatic rings. The van der Waals surface area contributed by atoms with Gasteiger partial charge in [0, 0.05) is 17.4 Å². The molecule has 128 valence electrons. The summed E-state index contributed by atoms with van der Waals surface area (Å²) in [7, 11) is 0. The number of anilines is 2. The Morgan fingerprint density at radius 2 is 1.79 bits per heavy atom. The summed E-state index contributed by atoms with van der Waals surface area (Å²) in [6.45, 7) is 0.983. The first-order chi connectivity index (χ1) is 11.3. The fraction of sp³-hybridized carbons (Fsp3) is 0.235. The molecule has 2 aromatic carbocycles. The molecule has 1 amide bonds. The van der Waals surface area contributed by atoms with Gasteiger partial charge in [-0.05, 0) is 36.8 Å². The van der Waals surface area contributed by atoms with Crippen molar-refractivity contribution in [2.45, 2.75) is 19.1 Å². The number of rotatable bonds is 5. The molecular weight excluding hydrogens is 321 g/mol. The number of alkyl halides is 3. The minimum atomic E-state index is -4.43. The van der Waals surface area contributed by atoms with E-state index in [0.717, 1.165) is 6.07 Å². The molecule has 0 bridgehead atoms. The lowest BCUT2D eigenvalue weighted by atomic mass is 10.0. The van der Waals surface area contributed by atoms with Gasteiger partial charge in [-0.3, -0.25) is 4.79 Å². The summed E-state index contributed by atoms with van der Waals surface area (Å²) in [6, 6.07) is 11.3. The molecular formula is C17H17F3N2O2. The number of carbonyl (C=O) groups excluding carboxylic acids is 1. The number of nitrogens with one attached hydrogen (secondary N) is 2. The molecule has 0 fully saturated rings. The zero-order chi connectivity index (χ0) is 17.7. The summed E-state index contributed by atoms with van der Waals surface area (Å²) in [5, 5.41) is 14.2. The molecule has 0 aliphatic heterocycles. The van der Waals surface area contributed by atoms with E-state index in [1.165, 1.54) is 12.1 Å². The van der Waals surface area contributed by atoms with Crippen LogP contribution < -0.4 is 10.6 Å². The number of hydrogen-bond donors (Lipinski definition) is 3. The smallest absolute Gasteiger partial charge is 0.387 e. The summed E-state index contributed by atoms with van der Waals surface area (Å²) in [5.41, 5.74) is 0.440. The van der Waals surface area contributed by atoms with Crippen LogP contribution in [0.5, 0.6) is 0 Å². The summed E-state index contributed by atoms with van der Waals surface area (Å²) in [5.74, 6) is -0.567. The molecule has 2 aromatic rings. The van der Waals surface area contributed by atoms with E-state index in [-0.39, 0.29) is 5.56 Å². The molecule has 0 spiro atoms. The molecule has 0 heterocycles. The van der Waals surface area contributed by atoms with Gasteiger partial charge in [0.05, 0.1) is 5.56 Å². The molecule has 24 heavy (non-hydrogen) atoms. The van der Waals surface area contributed by atoms with Crippen LogP contribution >= 0.6 is 0 Å². The second-order valence-electron chi connectivity index (χ2n) is 5.24. The Kier molecular flexibility index (Phi) is 5.46. The zero-order valence-electron chi connectivity index (χ0n) is 12.9. The molecule has 4 nitrogen and oxygen atoms in total. The van der Waals surface area contributed by atoms with Gasteiger partial charge in [-0.2, -0.15) is 13.2 Å². The van der Waals surface area contributed by atoms with Crippen molar-refractivity contribution in [3.63, 3.8) is 0 Å². The van der Waals surface area contributed by atoms with Crippen LogP contribution in [0.3, 0.4) is 0 Å². The second kappa shape index (κ2) is 7.35. The van der Waals surface area contributed by atoms with Gasteiger partial charge in [0.2, 0.25) is 5.91 Å². The zero-order valence-corrected chi connectivity index (χ0v) is 12.9. The van der Waals surface area contributed by atoms with Gasteiger partial charge < -0.3 is 15.7 Å². The molecule has 1 unspecified atom stereocenters. The van der Waals surface area contributed by atoms with Gasteiger partial charge in [-0.25, -0.2) is 0 Å². The molecule has 0 radical (unpaired) electrons. The molecule has 0 saturated heterocycles. The highest BCUT2D eigenvalue weighted by molar-refractivity contribution is 5.91. The average Bonchev–Trinajstić information content (AvgIpc) is 2.54. The first-order valence-corrected chi connectivity index (χ1v) is 7.24. The Bertz CT molecular complexity index is 717. The van der Waals surface area contributed by atoms with Gasteiger partial charge in [0.15, 0.2) is 0 Å². The Balaban J connectivity index is 2.20. The van der Waals surface area contributed by atoms with E-state index in [2.05, 4.69) is 10.6 Å². The lowest BCUT2D eigenvalue weighted by molar-refractivity contribution is -0.138. The number of amides is 1. The third kappa shape index (κ3) is 4.48. The quantitative estimate of drug-likeness (QED) is 0.777. The maximum atomic E-state index is 13.1. The molecule has 1 atom stereocenters. The summed E-state index contributed by atoms with van der Waals surface area (Å²) < 4.78 is 39.3. The number of hydrogen-bond acceptors (Lipinski definition) is 3. The normalized spacial score (nSPS) is 12.5. The fourth-order valence-electron chi connectivity index (χ4n) is 2.35. The van der Waals surface area contributed by atoms with Gasteiger partial charge in [-0.1, -0.05) is 24.3 Å². The SMILES string of the molecule is CC(Nc1cccc(NC(=O)CO)c1)c1ccccc1C(F)(F)F. The van der Waals surface area contributed by atoms with Crippen molar-refractivity contribution in [1.82, 2.24) is 0 Å². The van der Waals surface area contributed by atoms with Gasteiger partial charge in [0.1, 0.15) is 6.61 Å². The largest absolute Gasteiger partial charge is 0.416 e. The third-order valence-corrected chi connectivity index (χ3v) is 3.41. The van der Waals surface area contributed by atoms with Crippen LogP contribution in [0.25, 0.3) is 0 Å². The van der Waals surface area contributed by atoms with Crippen LogP contribution in [-0.4, -0.2) is 17.6 Å². The predicted octanol–water partition coefficient (Wildman–Crippen LogP) is 3.81. The fourth-order valence-corrected chi connectivity index (χ4v) is 2.35. The number of halogens is 3. The number of aliphatic hydroxyl groups is 1. The van der Waals surface area contributed by atoms with Crippen molar-refractivity contribution < 1.29 is 23.1 Å². The Morgan fingerprint density at radius 3 is 2.46 bits per heavy atom. The molecule has 0 aromatic heterocycles. The highest BCUT2D eigenvalue weighted by Crippen LogP contribution is 2.35. The van der Waals surface area contributed by atoms with E-state index in [0.29, 0.717) is 11.4 Å². The van der Waals surface area contributed by atoms with Crippen LogP contribution in [0.2, 0.25) is 0 Å². The highest BCUT2D eigenvalue weighted by Gasteiger charge is 2.34. The Labute approximate surface area is 137 Å². The average molecular weight is 338 g/mol. The van der Waals surface area contributed by atoms with Crippen molar-refractivity contribution in [2.24, 2.45) is 0 Å². The van der Waals surface area contributed by atoms with Crippen LogP contribution in [-0.2, 0) is 11.0 Å². The second-order valence-corrected chi connectivity index (χ2v) is 5.24. The standard InChI is InChI=1S/C17H17F3N2O2/c1-11(14-7-2-3-8-15(14)17(18,19)20)21-12-5-4-6-13(9-12)22-16(24)10-23/h2-9,11,21,23H,10H2,1H3,(H,22,24). The van der Waals surface area contributed by atoms with E-state index in [9.17, 15) is 18.0 Å². The Hall–Kier alpha value is -2.54. The first kappa shape index (κ1) is 17.8. The van der Waals surface area contributed by atoms with E-state index in [1.807, 2.05) is 0 Å². The molecule has 0 aliphatic carbocycles. The number of benzene rings is 2. The van der Waals surface area contributed by atoms with Crippen LogP contribution in [0.1, 0.15) is 24.1 Å². The molecule has 7 heteroatoms. The minimum Gasteiger partial charge on any atom is -0.387 e. The lowest BCUT2D eigenvalue weighted by Gasteiger charge is -2.20. The monoisotopic (exact) mass is 338 g/mol. The van der Waals surface area contributed by atoms with Crippen molar-refractivity contribution in [2.75, 3.05) is 17.2 Å². The topological polar surface area (TPSA) is 61.4 Å². The van der Waals surface area contributed by atoms with Crippen molar-refractivity contribution in [3.05, 3.63) is 59.7 Å². The maximum Gasteiger partial charge on any atom is 0.416 e. The van der Waals surface area contributed by atoms with Crippen molar-refractivity contribution >= 4 is 17.3 Å². The van der Waals surface area contributed by atoms with E-state index in [1.54, 1.807) is 37.3 Å². The highest BCUT2D eigenvalue weighted by atomic mass is 19.4. The molecule has 2 rings (SSSR count). The number of aliphatic hydroxyl groups excluding tert-OH is 1. The summed E-state index contributed by atoms with van der Waals surface area (Å²) >= 11 is 0. The molecule has 3 N–H and O–H groups in total. The van der Waals surface area contributed by atoms with Crippen molar-refractivity contribution in [1.29, 1.82) is 0 Å². The van der Waals surface area contributed by atoms with Crippen LogP contribution in [0, 0.1) is 0 Å². The van der Waals surface area contributed by atoms with E-state index in [4.69, 9.17) is 5.11 Å².